The molecule has 0 atom stereocenters. The van der Waals surface area contributed by atoms with E-state index in [1.165, 1.54) is 23.3 Å². The number of halogens is 3. The Morgan fingerprint density at radius 2 is 1.50 bits per heavy atom. The van der Waals surface area contributed by atoms with Gasteiger partial charge in [0.15, 0.2) is 22.8 Å². The summed E-state index contributed by atoms with van der Waals surface area (Å²) < 4.78 is 61.4. The van der Waals surface area contributed by atoms with Crippen molar-refractivity contribution in [1.82, 2.24) is 4.90 Å². The zero-order valence-electron chi connectivity index (χ0n) is 20.2. The van der Waals surface area contributed by atoms with Gasteiger partial charge in [-0.1, -0.05) is 18.2 Å². The second kappa shape index (κ2) is 9.43. The highest BCUT2D eigenvalue weighted by molar-refractivity contribution is 5.90. The minimum absolute atomic E-state index is 0.491. The van der Waals surface area contributed by atoms with Gasteiger partial charge < -0.3 is 18.6 Å². The summed E-state index contributed by atoms with van der Waals surface area (Å²) in [4.78, 5) is 2.35. The molecule has 188 valence electrons. The summed E-state index contributed by atoms with van der Waals surface area (Å²) in [5.74, 6) is 2.51. The summed E-state index contributed by atoms with van der Waals surface area (Å²) in [6.07, 6.45) is -3.50. The average molecular weight is 498 g/mol. The van der Waals surface area contributed by atoms with Crippen LogP contribution in [0.2, 0.25) is 0 Å². The number of fused-ring (bicyclic) bond motifs is 2. The normalized spacial score (nSPS) is 14.1. The van der Waals surface area contributed by atoms with Gasteiger partial charge in [0.25, 0.3) is 0 Å². The molecule has 0 N–H and O–H groups in total. The molecular formula is C28H26F3NO4. The molecule has 8 heteroatoms. The molecule has 0 aliphatic carbocycles. The number of alkyl halides is 3. The van der Waals surface area contributed by atoms with Crippen LogP contribution in [-0.4, -0.2) is 32.8 Å². The van der Waals surface area contributed by atoms with E-state index >= 15 is 0 Å². The summed E-state index contributed by atoms with van der Waals surface area (Å²) in [6.45, 7) is 2.31. The van der Waals surface area contributed by atoms with E-state index < -0.39 is 11.7 Å². The van der Waals surface area contributed by atoms with E-state index in [-0.39, 0.29) is 0 Å². The molecule has 1 aliphatic rings. The first-order chi connectivity index (χ1) is 17.3. The molecule has 0 amide bonds. The Morgan fingerprint density at radius 3 is 2.14 bits per heavy atom. The third-order valence-corrected chi connectivity index (χ3v) is 6.65. The van der Waals surface area contributed by atoms with Crippen molar-refractivity contribution in [2.24, 2.45) is 0 Å². The number of hydrogen-bond donors (Lipinski definition) is 0. The van der Waals surface area contributed by atoms with Crippen molar-refractivity contribution in [3.05, 3.63) is 76.9 Å². The minimum Gasteiger partial charge on any atom is -0.493 e. The fourth-order valence-corrected chi connectivity index (χ4v) is 4.74. The monoisotopic (exact) mass is 497 g/mol. The van der Waals surface area contributed by atoms with Crippen LogP contribution in [0.5, 0.6) is 17.2 Å². The molecule has 5 rings (SSSR count). The lowest BCUT2D eigenvalue weighted by Gasteiger charge is -2.29. The van der Waals surface area contributed by atoms with E-state index in [4.69, 9.17) is 18.6 Å². The average Bonchev–Trinajstić information content (AvgIpc) is 3.33. The molecule has 2 heterocycles. The maximum Gasteiger partial charge on any atom is 0.416 e. The molecule has 36 heavy (non-hydrogen) atoms. The molecule has 1 aliphatic heterocycles. The molecule has 0 bridgehead atoms. The van der Waals surface area contributed by atoms with Crippen LogP contribution in [0, 0.1) is 0 Å². The molecule has 5 nitrogen and oxygen atoms in total. The van der Waals surface area contributed by atoms with Gasteiger partial charge in [0.1, 0.15) is 5.76 Å². The van der Waals surface area contributed by atoms with Gasteiger partial charge in [0, 0.05) is 30.6 Å². The molecule has 0 saturated heterocycles. The van der Waals surface area contributed by atoms with Crippen LogP contribution in [0.15, 0.2) is 59.0 Å². The van der Waals surface area contributed by atoms with E-state index in [2.05, 4.69) is 4.90 Å². The highest BCUT2D eigenvalue weighted by atomic mass is 19.4. The topological polar surface area (TPSA) is 44.1 Å². The first kappa shape index (κ1) is 24.1. The van der Waals surface area contributed by atoms with Crippen molar-refractivity contribution in [2.75, 3.05) is 27.9 Å². The molecular weight excluding hydrogens is 471 g/mol. The Balaban J connectivity index is 1.45. The second-order valence-corrected chi connectivity index (χ2v) is 8.79. The molecule has 0 fully saturated rings. The van der Waals surface area contributed by atoms with E-state index in [1.807, 2.05) is 30.3 Å². The Labute approximate surface area is 207 Å². The van der Waals surface area contributed by atoms with Gasteiger partial charge in [0.05, 0.1) is 26.9 Å². The van der Waals surface area contributed by atoms with Crippen LogP contribution < -0.4 is 14.2 Å². The Morgan fingerprint density at radius 1 is 0.833 bits per heavy atom. The lowest BCUT2D eigenvalue weighted by molar-refractivity contribution is -0.137. The van der Waals surface area contributed by atoms with Crippen LogP contribution in [0.4, 0.5) is 13.2 Å². The SMILES string of the molecule is COc1cc2c(cc1OC)CN(Cc1ccc(OC)c3oc(-c4ccc(C(F)(F)F)cc4)cc13)CC2. The van der Waals surface area contributed by atoms with Crippen LogP contribution >= 0.6 is 0 Å². The smallest absolute Gasteiger partial charge is 0.416 e. The molecule has 0 saturated carbocycles. The predicted molar refractivity (Wildman–Crippen MR) is 131 cm³/mol. The third kappa shape index (κ3) is 4.48. The van der Waals surface area contributed by atoms with Gasteiger partial charge in [-0.05, 0) is 59.5 Å². The molecule has 3 aromatic carbocycles. The van der Waals surface area contributed by atoms with Crippen LogP contribution in [0.3, 0.4) is 0 Å². The van der Waals surface area contributed by atoms with E-state index in [9.17, 15) is 13.2 Å². The van der Waals surface area contributed by atoms with Crippen LogP contribution in [0.1, 0.15) is 22.3 Å². The van der Waals surface area contributed by atoms with E-state index in [1.54, 1.807) is 21.3 Å². The third-order valence-electron chi connectivity index (χ3n) is 6.65. The van der Waals surface area contributed by atoms with Gasteiger partial charge in [-0.25, -0.2) is 0 Å². The maximum absolute atomic E-state index is 13.0. The molecule has 1 aromatic heterocycles. The summed E-state index contributed by atoms with van der Waals surface area (Å²) in [5.41, 5.74) is 3.95. The lowest BCUT2D eigenvalue weighted by atomic mass is 9.98. The fourth-order valence-electron chi connectivity index (χ4n) is 4.74. The minimum atomic E-state index is -4.38. The van der Waals surface area contributed by atoms with E-state index in [0.29, 0.717) is 35.0 Å². The van der Waals surface area contributed by atoms with Crippen molar-refractivity contribution >= 4 is 11.0 Å². The van der Waals surface area contributed by atoms with Gasteiger partial charge in [-0.2, -0.15) is 13.2 Å². The maximum atomic E-state index is 13.0. The lowest BCUT2D eigenvalue weighted by Crippen LogP contribution is -2.30. The Bertz CT molecular complexity index is 1390. The number of rotatable bonds is 6. The van der Waals surface area contributed by atoms with Gasteiger partial charge in [-0.3, -0.25) is 4.90 Å². The molecule has 4 aromatic rings. The highest BCUT2D eigenvalue weighted by Gasteiger charge is 2.30. The zero-order valence-corrected chi connectivity index (χ0v) is 20.2. The summed E-state index contributed by atoms with van der Waals surface area (Å²) in [5, 5.41) is 0.877. The zero-order chi connectivity index (χ0) is 25.4. The summed E-state index contributed by atoms with van der Waals surface area (Å²) in [6, 6.07) is 14.8. The van der Waals surface area contributed by atoms with Gasteiger partial charge in [0.2, 0.25) is 0 Å². The van der Waals surface area contributed by atoms with Crippen molar-refractivity contribution in [3.8, 4) is 28.6 Å². The van der Waals surface area contributed by atoms with Crippen molar-refractivity contribution in [3.63, 3.8) is 0 Å². The molecule has 0 radical (unpaired) electrons. The quantitative estimate of drug-likeness (QED) is 0.297. The van der Waals surface area contributed by atoms with Gasteiger partial charge >= 0.3 is 6.18 Å². The van der Waals surface area contributed by atoms with Crippen LogP contribution in [-0.2, 0) is 25.7 Å². The van der Waals surface area contributed by atoms with Crippen LogP contribution in [0.25, 0.3) is 22.3 Å². The molecule has 0 spiro atoms. The summed E-state index contributed by atoms with van der Waals surface area (Å²) >= 11 is 0. The molecule has 0 unspecified atom stereocenters. The number of nitrogens with zero attached hydrogens (tertiary/aromatic N) is 1. The Hall–Kier alpha value is -3.65. The van der Waals surface area contributed by atoms with Gasteiger partial charge in [-0.15, -0.1) is 0 Å². The van der Waals surface area contributed by atoms with E-state index in [0.717, 1.165) is 48.3 Å². The second-order valence-electron chi connectivity index (χ2n) is 8.79. The van der Waals surface area contributed by atoms with Crippen molar-refractivity contribution in [1.29, 1.82) is 0 Å². The number of ether oxygens (including phenoxy) is 3. The van der Waals surface area contributed by atoms with Crippen molar-refractivity contribution in [2.45, 2.75) is 25.7 Å². The largest absolute Gasteiger partial charge is 0.493 e. The first-order valence-electron chi connectivity index (χ1n) is 11.5. The summed E-state index contributed by atoms with van der Waals surface area (Å²) in [7, 11) is 4.84. The number of methoxy groups -OCH3 is 3. The fraction of sp³-hybridized carbons (Fsp3) is 0.286. The standard InChI is InChI=1S/C28H26F3NO4/c1-33-23-9-6-19(15-32-11-10-18-12-25(34-2)26(35-3)13-20(18)16-32)22-14-24(36-27(22)23)17-4-7-21(8-5-17)28(29,30)31/h4-9,12-14H,10-11,15-16H2,1-3H3. The number of benzene rings is 3. The number of hydrogen-bond acceptors (Lipinski definition) is 5. The number of furan rings is 1. The van der Waals surface area contributed by atoms with Crippen molar-refractivity contribution < 1.29 is 31.8 Å². The predicted octanol–water partition coefficient (Wildman–Crippen LogP) is 6.70. The Kier molecular flexibility index (Phi) is 6.30. The highest BCUT2D eigenvalue weighted by Crippen LogP contribution is 2.38. The first-order valence-corrected chi connectivity index (χ1v) is 11.5.